The zero-order valence-electron chi connectivity index (χ0n) is 6.93. The van der Waals surface area contributed by atoms with Gasteiger partial charge >= 0.3 is 0 Å². The Balaban J connectivity index is 2.96. The smallest absolute Gasteiger partial charge is 0.0468 e. The first-order valence-corrected chi connectivity index (χ1v) is 4.54. The van der Waals surface area contributed by atoms with Crippen molar-refractivity contribution in [1.82, 2.24) is 0 Å². The minimum Gasteiger partial charge on any atom is -0.323 e. The molecular weight excluding hydrogens is 205 g/mol. The monoisotopic (exact) mass is 213 g/mol. The van der Waals surface area contributed by atoms with Crippen LogP contribution in [0.2, 0.25) is 10.0 Å². The Hall–Kier alpha value is -0.680. The predicted molar refractivity (Wildman–Crippen MR) is 56.8 cm³/mol. The Morgan fingerprint density at radius 3 is 2.69 bits per heavy atom. The van der Waals surface area contributed by atoms with E-state index in [2.05, 4.69) is 5.92 Å². The van der Waals surface area contributed by atoms with Gasteiger partial charge in [-0.2, -0.15) is 0 Å². The molecule has 1 rings (SSSR count). The number of rotatable bonds is 2. The second-order valence-corrected chi connectivity index (χ2v) is 3.52. The van der Waals surface area contributed by atoms with Gasteiger partial charge in [0.2, 0.25) is 0 Å². The van der Waals surface area contributed by atoms with Crippen molar-refractivity contribution in [2.24, 2.45) is 5.73 Å². The molecule has 0 saturated heterocycles. The highest BCUT2D eigenvalue weighted by molar-refractivity contribution is 6.35. The predicted octanol–water partition coefficient (Wildman–Crippen LogP) is 3.02. The zero-order valence-corrected chi connectivity index (χ0v) is 8.44. The molecule has 1 atom stereocenters. The molecule has 0 spiro atoms. The van der Waals surface area contributed by atoms with Gasteiger partial charge in [-0.05, 0) is 17.7 Å². The third-order valence-corrected chi connectivity index (χ3v) is 2.26. The SMILES string of the molecule is C#CCC(N)c1ccc(Cl)cc1Cl. The topological polar surface area (TPSA) is 26.0 Å². The van der Waals surface area contributed by atoms with Crippen molar-refractivity contribution >= 4 is 23.2 Å². The van der Waals surface area contributed by atoms with Crippen molar-refractivity contribution in [2.75, 3.05) is 0 Å². The van der Waals surface area contributed by atoms with Crippen molar-refractivity contribution in [1.29, 1.82) is 0 Å². The van der Waals surface area contributed by atoms with Gasteiger partial charge in [0.1, 0.15) is 0 Å². The van der Waals surface area contributed by atoms with Crippen LogP contribution in [0.4, 0.5) is 0 Å². The maximum absolute atomic E-state index is 5.93. The van der Waals surface area contributed by atoms with E-state index in [9.17, 15) is 0 Å². The van der Waals surface area contributed by atoms with Crippen LogP contribution in [0.3, 0.4) is 0 Å². The molecule has 0 amide bonds. The maximum Gasteiger partial charge on any atom is 0.0468 e. The summed E-state index contributed by atoms with van der Waals surface area (Å²) in [6.07, 6.45) is 5.62. The van der Waals surface area contributed by atoms with E-state index >= 15 is 0 Å². The van der Waals surface area contributed by atoms with E-state index in [1.165, 1.54) is 0 Å². The van der Waals surface area contributed by atoms with Gasteiger partial charge < -0.3 is 5.73 Å². The number of terminal acetylenes is 1. The van der Waals surface area contributed by atoms with Gasteiger partial charge in [0.25, 0.3) is 0 Å². The third kappa shape index (κ3) is 2.63. The molecule has 0 heterocycles. The number of hydrogen-bond acceptors (Lipinski definition) is 1. The lowest BCUT2D eigenvalue weighted by Gasteiger charge is -2.10. The van der Waals surface area contributed by atoms with Crippen molar-refractivity contribution in [3.05, 3.63) is 33.8 Å². The Bertz CT molecular complexity index is 341. The molecule has 0 aliphatic heterocycles. The molecule has 3 heteroatoms. The molecule has 0 saturated carbocycles. The summed E-state index contributed by atoms with van der Waals surface area (Å²) in [4.78, 5) is 0. The number of nitrogens with two attached hydrogens (primary N) is 1. The van der Waals surface area contributed by atoms with Crippen LogP contribution in [0.15, 0.2) is 18.2 Å². The summed E-state index contributed by atoms with van der Waals surface area (Å²) in [5.74, 6) is 2.49. The van der Waals surface area contributed by atoms with E-state index in [1.807, 2.05) is 0 Å². The molecular formula is C10H9Cl2N. The average Bonchev–Trinajstić information content (AvgIpc) is 2.04. The quantitative estimate of drug-likeness (QED) is 0.752. The zero-order chi connectivity index (χ0) is 9.84. The van der Waals surface area contributed by atoms with Crippen molar-refractivity contribution in [3.8, 4) is 12.3 Å². The second-order valence-electron chi connectivity index (χ2n) is 2.68. The Morgan fingerprint density at radius 2 is 2.15 bits per heavy atom. The van der Waals surface area contributed by atoms with Crippen LogP contribution >= 0.6 is 23.2 Å². The van der Waals surface area contributed by atoms with Gasteiger partial charge in [-0.3, -0.25) is 0 Å². The molecule has 0 fully saturated rings. The van der Waals surface area contributed by atoms with Crippen LogP contribution in [0.1, 0.15) is 18.0 Å². The highest BCUT2D eigenvalue weighted by atomic mass is 35.5. The Kier molecular flexibility index (Phi) is 3.62. The number of benzene rings is 1. The molecule has 68 valence electrons. The molecule has 1 aromatic carbocycles. The molecule has 0 aliphatic carbocycles. The largest absolute Gasteiger partial charge is 0.323 e. The molecule has 13 heavy (non-hydrogen) atoms. The van der Waals surface area contributed by atoms with E-state index in [0.717, 1.165) is 5.56 Å². The van der Waals surface area contributed by atoms with Crippen LogP contribution < -0.4 is 5.73 Å². The Morgan fingerprint density at radius 1 is 1.46 bits per heavy atom. The summed E-state index contributed by atoms with van der Waals surface area (Å²) in [6, 6.07) is 5.00. The fourth-order valence-corrected chi connectivity index (χ4v) is 1.59. The third-order valence-electron chi connectivity index (χ3n) is 1.70. The molecule has 1 nitrogen and oxygen atoms in total. The first kappa shape index (κ1) is 10.4. The first-order chi connectivity index (χ1) is 6.15. The van der Waals surface area contributed by atoms with Gasteiger partial charge in [-0.25, -0.2) is 0 Å². The van der Waals surface area contributed by atoms with E-state index in [0.29, 0.717) is 16.5 Å². The van der Waals surface area contributed by atoms with Crippen LogP contribution in [0.5, 0.6) is 0 Å². The summed E-state index contributed by atoms with van der Waals surface area (Å²) in [5.41, 5.74) is 6.62. The fraction of sp³-hybridized carbons (Fsp3) is 0.200. The van der Waals surface area contributed by atoms with Crippen molar-refractivity contribution in [2.45, 2.75) is 12.5 Å². The molecule has 0 aromatic heterocycles. The van der Waals surface area contributed by atoms with E-state index in [4.69, 9.17) is 35.4 Å². The maximum atomic E-state index is 5.93. The minimum absolute atomic E-state index is 0.213. The van der Waals surface area contributed by atoms with Crippen molar-refractivity contribution < 1.29 is 0 Å². The molecule has 0 radical (unpaired) electrons. The average molecular weight is 214 g/mol. The standard InChI is InChI=1S/C10H9Cl2N/c1-2-3-10(13)8-5-4-7(11)6-9(8)12/h1,4-6,10H,3,13H2. The summed E-state index contributed by atoms with van der Waals surface area (Å²) in [7, 11) is 0. The summed E-state index contributed by atoms with van der Waals surface area (Å²) >= 11 is 11.7. The number of halogens is 2. The highest BCUT2D eigenvalue weighted by Crippen LogP contribution is 2.26. The second kappa shape index (κ2) is 4.53. The van der Waals surface area contributed by atoms with Gasteiger partial charge in [0.15, 0.2) is 0 Å². The Labute approximate surface area is 87.8 Å². The van der Waals surface area contributed by atoms with Gasteiger partial charge in [-0.15, -0.1) is 12.3 Å². The molecule has 0 aliphatic rings. The van der Waals surface area contributed by atoms with Gasteiger partial charge in [0, 0.05) is 22.5 Å². The summed E-state index contributed by atoms with van der Waals surface area (Å²) in [6.45, 7) is 0. The molecule has 1 unspecified atom stereocenters. The van der Waals surface area contributed by atoms with Crippen LogP contribution in [-0.4, -0.2) is 0 Å². The van der Waals surface area contributed by atoms with Gasteiger partial charge in [-0.1, -0.05) is 29.3 Å². The number of hydrogen-bond donors (Lipinski definition) is 1. The summed E-state index contributed by atoms with van der Waals surface area (Å²) < 4.78 is 0. The lowest BCUT2D eigenvalue weighted by atomic mass is 10.1. The summed E-state index contributed by atoms with van der Waals surface area (Å²) in [5, 5.41) is 1.16. The lowest BCUT2D eigenvalue weighted by molar-refractivity contribution is 0.755. The van der Waals surface area contributed by atoms with Crippen molar-refractivity contribution in [3.63, 3.8) is 0 Å². The minimum atomic E-state index is -0.213. The highest BCUT2D eigenvalue weighted by Gasteiger charge is 2.08. The normalized spacial score (nSPS) is 12.2. The van der Waals surface area contributed by atoms with Crippen LogP contribution in [-0.2, 0) is 0 Å². The van der Waals surface area contributed by atoms with Crippen LogP contribution in [0, 0.1) is 12.3 Å². The molecule has 2 N–H and O–H groups in total. The fourth-order valence-electron chi connectivity index (χ4n) is 1.04. The van der Waals surface area contributed by atoms with E-state index in [-0.39, 0.29) is 6.04 Å². The molecule has 0 bridgehead atoms. The first-order valence-electron chi connectivity index (χ1n) is 3.79. The van der Waals surface area contributed by atoms with E-state index < -0.39 is 0 Å². The van der Waals surface area contributed by atoms with Crippen LogP contribution in [0.25, 0.3) is 0 Å². The molecule has 1 aromatic rings. The van der Waals surface area contributed by atoms with E-state index in [1.54, 1.807) is 18.2 Å². The lowest BCUT2D eigenvalue weighted by Crippen LogP contribution is -2.09. The van der Waals surface area contributed by atoms with Gasteiger partial charge in [0.05, 0.1) is 0 Å².